The second kappa shape index (κ2) is 6.75. The van der Waals surface area contributed by atoms with Gasteiger partial charge in [-0.1, -0.05) is 18.6 Å². The van der Waals surface area contributed by atoms with Crippen LogP contribution in [-0.2, 0) is 11.3 Å². The Morgan fingerprint density at radius 2 is 2.00 bits per heavy atom. The fraction of sp³-hybridized carbons (Fsp3) is 0.562. The highest BCUT2D eigenvalue weighted by Crippen LogP contribution is 2.23. The van der Waals surface area contributed by atoms with Gasteiger partial charge in [0.05, 0.1) is 0 Å². The molecule has 110 valence electrons. The van der Waals surface area contributed by atoms with Gasteiger partial charge in [-0.3, -0.25) is 4.79 Å². The molecule has 1 aromatic rings. The van der Waals surface area contributed by atoms with E-state index in [9.17, 15) is 4.79 Å². The zero-order chi connectivity index (χ0) is 14.5. The number of rotatable bonds is 4. The van der Waals surface area contributed by atoms with Crippen LogP contribution in [0.1, 0.15) is 31.2 Å². The number of benzene rings is 1. The highest BCUT2D eigenvalue weighted by Gasteiger charge is 2.24. The summed E-state index contributed by atoms with van der Waals surface area (Å²) in [5.41, 5.74) is 8.22. The van der Waals surface area contributed by atoms with E-state index in [1.807, 2.05) is 14.1 Å². The van der Waals surface area contributed by atoms with Crippen LogP contribution in [0.5, 0.6) is 0 Å². The summed E-state index contributed by atoms with van der Waals surface area (Å²) in [5, 5.41) is 3.03. The summed E-state index contributed by atoms with van der Waals surface area (Å²) in [6.07, 6.45) is 3.91. The van der Waals surface area contributed by atoms with Gasteiger partial charge in [0, 0.05) is 38.3 Å². The molecule has 2 atom stereocenters. The van der Waals surface area contributed by atoms with E-state index in [0.29, 0.717) is 6.54 Å². The maximum atomic E-state index is 12.1. The number of hydrogen-bond acceptors (Lipinski definition) is 3. The van der Waals surface area contributed by atoms with Crippen molar-refractivity contribution in [2.45, 2.75) is 38.3 Å². The second-order valence-corrected chi connectivity index (χ2v) is 5.90. The van der Waals surface area contributed by atoms with Crippen LogP contribution in [0.15, 0.2) is 24.3 Å². The minimum absolute atomic E-state index is 0.0970. The third-order valence-corrected chi connectivity index (χ3v) is 4.01. The first kappa shape index (κ1) is 14.9. The van der Waals surface area contributed by atoms with E-state index in [1.54, 1.807) is 0 Å². The van der Waals surface area contributed by atoms with Crippen LogP contribution in [0.3, 0.4) is 0 Å². The van der Waals surface area contributed by atoms with Crippen LogP contribution in [-0.4, -0.2) is 26.0 Å². The molecule has 1 aromatic carbocycles. The number of amides is 1. The fourth-order valence-electron chi connectivity index (χ4n) is 2.71. The molecule has 0 aliphatic heterocycles. The molecule has 1 aliphatic rings. The van der Waals surface area contributed by atoms with E-state index in [-0.39, 0.29) is 17.9 Å². The largest absolute Gasteiger partial charge is 0.378 e. The molecule has 0 heterocycles. The van der Waals surface area contributed by atoms with Crippen LogP contribution in [0.4, 0.5) is 5.69 Å². The Kier molecular flexibility index (Phi) is 5.01. The van der Waals surface area contributed by atoms with Crippen molar-refractivity contribution in [1.82, 2.24) is 5.32 Å². The van der Waals surface area contributed by atoms with Crippen molar-refractivity contribution < 1.29 is 4.79 Å². The van der Waals surface area contributed by atoms with Gasteiger partial charge in [-0.2, -0.15) is 0 Å². The quantitative estimate of drug-likeness (QED) is 0.882. The maximum Gasteiger partial charge on any atom is 0.223 e. The lowest BCUT2D eigenvalue weighted by molar-refractivity contribution is -0.126. The molecule has 4 heteroatoms. The van der Waals surface area contributed by atoms with Crippen LogP contribution < -0.4 is 16.0 Å². The lowest BCUT2D eigenvalue weighted by Gasteiger charge is -2.25. The lowest BCUT2D eigenvalue weighted by atomic mass is 9.85. The predicted molar refractivity (Wildman–Crippen MR) is 82.5 cm³/mol. The third-order valence-electron chi connectivity index (χ3n) is 4.01. The van der Waals surface area contributed by atoms with Crippen LogP contribution in [0.2, 0.25) is 0 Å². The smallest absolute Gasteiger partial charge is 0.223 e. The Bertz CT molecular complexity index is 442. The summed E-state index contributed by atoms with van der Waals surface area (Å²) in [6.45, 7) is 0.596. The average molecular weight is 275 g/mol. The van der Waals surface area contributed by atoms with Gasteiger partial charge in [0.25, 0.3) is 0 Å². The fourth-order valence-corrected chi connectivity index (χ4v) is 2.71. The molecule has 0 bridgehead atoms. The molecule has 0 saturated heterocycles. The zero-order valence-electron chi connectivity index (χ0n) is 12.4. The van der Waals surface area contributed by atoms with Gasteiger partial charge in [-0.25, -0.2) is 0 Å². The van der Waals surface area contributed by atoms with Crippen LogP contribution in [0.25, 0.3) is 0 Å². The van der Waals surface area contributed by atoms with Gasteiger partial charge in [0.15, 0.2) is 0 Å². The van der Waals surface area contributed by atoms with Crippen molar-refractivity contribution in [1.29, 1.82) is 0 Å². The van der Waals surface area contributed by atoms with Gasteiger partial charge < -0.3 is 16.0 Å². The lowest BCUT2D eigenvalue weighted by Crippen LogP contribution is -2.37. The minimum Gasteiger partial charge on any atom is -0.378 e. The molecule has 0 aromatic heterocycles. The van der Waals surface area contributed by atoms with E-state index in [2.05, 4.69) is 34.5 Å². The van der Waals surface area contributed by atoms with E-state index in [0.717, 1.165) is 31.2 Å². The van der Waals surface area contributed by atoms with Crippen LogP contribution in [0, 0.1) is 5.92 Å². The molecule has 1 aliphatic carbocycles. The van der Waals surface area contributed by atoms with Gasteiger partial charge in [0.1, 0.15) is 0 Å². The standard InChI is InChI=1S/C16H25N3O/c1-19(2)15-8-6-12(7-9-15)11-18-16(20)13-4-3-5-14(17)10-13/h6-9,13-14H,3-5,10-11,17H2,1-2H3,(H,18,20). The number of carbonyl (C=O) groups excluding carboxylic acids is 1. The molecular weight excluding hydrogens is 250 g/mol. The normalized spacial score (nSPS) is 22.4. The molecule has 20 heavy (non-hydrogen) atoms. The van der Waals surface area contributed by atoms with Crippen molar-refractivity contribution in [3.63, 3.8) is 0 Å². The van der Waals surface area contributed by atoms with Crippen molar-refractivity contribution in [3.8, 4) is 0 Å². The van der Waals surface area contributed by atoms with Crippen molar-refractivity contribution in [2.75, 3.05) is 19.0 Å². The Balaban J connectivity index is 1.83. The topological polar surface area (TPSA) is 58.4 Å². The first-order valence-electron chi connectivity index (χ1n) is 7.36. The van der Waals surface area contributed by atoms with Gasteiger partial charge in [-0.15, -0.1) is 0 Å². The molecule has 2 rings (SSSR count). The Morgan fingerprint density at radius 3 is 2.60 bits per heavy atom. The molecule has 0 radical (unpaired) electrons. The zero-order valence-corrected chi connectivity index (χ0v) is 12.4. The molecule has 0 spiro atoms. The first-order valence-corrected chi connectivity index (χ1v) is 7.36. The first-order chi connectivity index (χ1) is 9.56. The Labute approximate surface area is 121 Å². The molecule has 1 amide bonds. The van der Waals surface area contributed by atoms with E-state index in [1.165, 1.54) is 5.69 Å². The van der Waals surface area contributed by atoms with Gasteiger partial charge >= 0.3 is 0 Å². The van der Waals surface area contributed by atoms with Gasteiger partial charge in [0.2, 0.25) is 5.91 Å². The Hall–Kier alpha value is -1.55. The summed E-state index contributed by atoms with van der Waals surface area (Å²) in [5.74, 6) is 0.247. The summed E-state index contributed by atoms with van der Waals surface area (Å²) in [6, 6.07) is 8.44. The maximum absolute atomic E-state index is 12.1. The highest BCUT2D eigenvalue weighted by atomic mass is 16.1. The molecule has 4 nitrogen and oxygen atoms in total. The second-order valence-electron chi connectivity index (χ2n) is 5.90. The summed E-state index contributed by atoms with van der Waals surface area (Å²) < 4.78 is 0. The highest BCUT2D eigenvalue weighted by molar-refractivity contribution is 5.78. The number of nitrogens with one attached hydrogen (secondary N) is 1. The summed E-state index contributed by atoms with van der Waals surface area (Å²) >= 11 is 0. The monoisotopic (exact) mass is 275 g/mol. The Morgan fingerprint density at radius 1 is 1.30 bits per heavy atom. The third kappa shape index (κ3) is 3.97. The van der Waals surface area contributed by atoms with Crippen molar-refractivity contribution in [3.05, 3.63) is 29.8 Å². The molecule has 1 fully saturated rings. The summed E-state index contributed by atoms with van der Waals surface area (Å²) in [4.78, 5) is 14.2. The number of hydrogen-bond donors (Lipinski definition) is 2. The minimum atomic E-state index is 0.0970. The summed E-state index contributed by atoms with van der Waals surface area (Å²) in [7, 11) is 4.03. The molecular formula is C16H25N3O. The molecule has 2 unspecified atom stereocenters. The van der Waals surface area contributed by atoms with Crippen molar-refractivity contribution in [2.24, 2.45) is 11.7 Å². The number of carbonyl (C=O) groups is 1. The van der Waals surface area contributed by atoms with E-state index in [4.69, 9.17) is 5.73 Å². The number of anilines is 1. The van der Waals surface area contributed by atoms with E-state index >= 15 is 0 Å². The molecule has 3 N–H and O–H groups in total. The van der Waals surface area contributed by atoms with Crippen molar-refractivity contribution >= 4 is 11.6 Å². The SMILES string of the molecule is CN(C)c1ccc(CNC(=O)C2CCCC(N)C2)cc1. The average Bonchev–Trinajstić information content (AvgIpc) is 2.45. The predicted octanol–water partition coefficient (Wildman–Crippen LogP) is 1.89. The van der Waals surface area contributed by atoms with E-state index < -0.39 is 0 Å². The van der Waals surface area contributed by atoms with Crippen LogP contribution >= 0.6 is 0 Å². The number of nitrogens with zero attached hydrogens (tertiary/aromatic N) is 1. The molecule has 1 saturated carbocycles. The number of nitrogens with two attached hydrogens (primary N) is 1. The van der Waals surface area contributed by atoms with Gasteiger partial charge in [-0.05, 0) is 37.0 Å².